The Morgan fingerprint density at radius 2 is 1.68 bits per heavy atom. The maximum atomic E-state index is 13.5. The molecule has 13 nitrogen and oxygen atoms in total. The molecule has 2 bridgehead atoms. The van der Waals surface area contributed by atoms with Gasteiger partial charge in [0.1, 0.15) is 24.0 Å². The summed E-state index contributed by atoms with van der Waals surface area (Å²) in [4.78, 5) is 49.5. The van der Waals surface area contributed by atoms with Crippen molar-refractivity contribution in [3.63, 3.8) is 0 Å². The van der Waals surface area contributed by atoms with Gasteiger partial charge in [-0.2, -0.15) is 17.2 Å². The molecular formula is C21H28F2O13S. The molecule has 0 aliphatic carbocycles. The molecule has 0 aromatic rings. The molecule has 0 radical (unpaired) electrons. The van der Waals surface area contributed by atoms with E-state index in [4.69, 9.17) is 28.2 Å². The zero-order valence-corrected chi connectivity index (χ0v) is 21.1. The summed E-state index contributed by atoms with van der Waals surface area (Å²) in [5.41, 5.74) is 0. The van der Waals surface area contributed by atoms with E-state index in [9.17, 15) is 36.4 Å². The maximum Gasteiger partial charge on any atom is 0.405 e. The second-order valence-corrected chi connectivity index (χ2v) is 10.6. The van der Waals surface area contributed by atoms with Crippen molar-refractivity contribution in [1.82, 2.24) is 0 Å². The smallest absolute Gasteiger partial charge is 0.405 e. The van der Waals surface area contributed by atoms with Crippen LogP contribution in [0.3, 0.4) is 0 Å². The molecule has 37 heavy (non-hydrogen) atoms. The number of carbonyl (C=O) groups is 4. The Kier molecular flexibility index (Phi) is 8.46. The lowest BCUT2D eigenvalue weighted by Gasteiger charge is -2.29. The van der Waals surface area contributed by atoms with Crippen LogP contribution in [-0.2, 0) is 57.7 Å². The summed E-state index contributed by atoms with van der Waals surface area (Å²) in [5, 5.41) is -4.76. The summed E-state index contributed by atoms with van der Waals surface area (Å²) in [7, 11) is -5.84. The Labute approximate surface area is 210 Å². The minimum atomic E-state index is -5.84. The second-order valence-electron chi connectivity index (χ2n) is 9.15. The number of fused-ring (bicyclic) bond motifs is 1. The summed E-state index contributed by atoms with van der Waals surface area (Å²) >= 11 is 0. The van der Waals surface area contributed by atoms with Crippen molar-refractivity contribution in [2.24, 2.45) is 17.8 Å². The van der Waals surface area contributed by atoms with E-state index in [1.807, 2.05) is 0 Å². The first kappa shape index (κ1) is 29.1. The third-order valence-electron chi connectivity index (χ3n) is 6.21. The minimum Gasteiger partial charge on any atom is -0.455 e. The van der Waals surface area contributed by atoms with Gasteiger partial charge in [-0.15, -0.1) is 0 Å². The highest BCUT2D eigenvalue weighted by Gasteiger charge is 2.72. The average Bonchev–Trinajstić information content (AvgIpc) is 3.40. The Balaban J connectivity index is 1.60. The predicted octanol–water partition coefficient (Wildman–Crippen LogP) is 0.591. The second kappa shape index (κ2) is 10.7. The molecule has 0 aromatic heterocycles. The summed E-state index contributed by atoms with van der Waals surface area (Å²) in [6.07, 6.45) is -8.95. The molecule has 8 unspecified atom stereocenters. The van der Waals surface area contributed by atoms with Crippen LogP contribution >= 0.6 is 0 Å². The highest BCUT2D eigenvalue weighted by atomic mass is 32.2. The number of carbonyl (C=O) groups excluding carboxylic acids is 4. The van der Waals surface area contributed by atoms with Crippen LogP contribution in [0, 0.1) is 17.8 Å². The number of esters is 4. The van der Waals surface area contributed by atoms with Crippen LogP contribution in [0.4, 0.5) is 8.78 Å². The standard InChI is InChI=1S/C21H28F2O13S/c1-5-31-20(8(2)3)36-19(27)13-12-15-17(35-18(12)26)16(14(13)34-15)33-11(25)7-6-10(24)32-9(4)21(22,23)37(28,29)30/h8-9,12-17,20H,5-7H2,1-4H3,(H,28,29,30). The molecule has 3 rings (SSSR count). The predicted molar refractivity (Wildman–Crippen MR) is 113 cm³/mol. The van der Waals surface area contributed by atoms with Crippen LogP contribution in [0.2, 0.25) is 0 Å². The molecule has 3 saturated heterocycles. The van der Waals surface area contributed by atoms with E-state index < -0.39 is 101 Å². The summed E-state index contributed by atoms with van der Waals surface area (Å²) in [5.74, 6) is -6.17. The SMILES string of the molecule is CCOC(OC(=O)C1C2OC3C(OC(=O)C31)C2OC(=O)CCC(=O)OC(C)C(F)(F)S(=O)(=O)O)C(C)C. The van der Waals surface area contributed by atoms with Crippen LogP contribution in [0.15, 0.2) is 0 Å². The van der Waals surface area contributed by atoms with Gasteiger partial charge in [-0.25, -0.2) is 0 Å². The van der Waals surface area contributed by atoms with Gasteiger partial charge in [-0.05, 0) is 13.8 Å². The normalized spacial score (nSPS) is 30.1. The zero-order chi connectivity index (χ0) is 27.9. The van der Waals surface area contributed by atoms with E-state index in [0.29, 0.717) is 6.92 Å². The van der Waals surface area contributed by atoms with Crippen molar-refractivity contribution < 1.29 is 69.4 Å². The first-order valence-corrected chi connectivity index (χ1v) is 13.0. The Morgan fingerprint density at radius 1 is 1.05 bits per heavy atom. The van der Waals surface area contributed by atoms with E-state index in [1.54, 1.807) is 20.8 Å². The fraction of sp³-hybridized carbons (Fsp3) is 0.810. The van der Waals surface area contributed by atoms with Gasteiger partial charge in [0.2, 0.25) is 6.29 Å². The number of alkyl halides is 2. The molecule has 0 spiro atoms. The van der Waals surface area contributed by atoms with Crippen molar-refractivity contribution in [2.75, 3.05) is 6.61 Å². The van der Waals surface area contributed by atoms with E-state index in [1.165, 1.54) is 0 Å². The van der Waals surface area contributed by atoms with Gasteiger partial charge in [-0.1, -0.05) is 13.8 Å². The van der Waals surface area contributed by atoms with Crippen LogP contribution < -0.4 is 0 Å². The first-order chi connectivity index (χ1) is 17.1. The van der Waals surface area contributed by atoms with Crippen LogP contribution in [-0.4, -0.2) is 85.5 Å². The fourth-order valence-electron chi connectivity index (χ4n) is 4.41. The fourth-order valence-corrected chi connectivity index (χ4v) is 4.88. The van der Waals surface area contributed by atoms with E-state index in [-0.39, 0.29) is 12.5 Å². The van der Waals surface area contributed by atoms with Gasteiger partial charge in [0.25, 0.3) is 0 Å². The number of halogens is 2. The van der Waals surface area contributed by atoms with Gasteiger partial charge in [0.05, 0.1) is 12.8 Å². The van der Waals surface area contributed by atoms with E-state index in [0.717, 1.165) is 0 Å². The molecule has 3 heterocycles. The number of rotatable bonds is 12. The minimum absolute atomic E-state index is 0.194. The lowest BCUT2D eigenvalue weighted by molar-refractivity contribution is -0.196. The van der Waals surface area contributed by atoms with Crippen molar-refractivity contribution in [3.8, 4) is 0 Å². The highest BCUT2D eigenvalue weighted by molar-refractivity contribution is 7.86. The van der Waals surface area contributed by atoms with Gasteiger partial charge < -0.3 is 28.4 Å². The summed E-state index contributed by atoms with van der Waals surface area (Å²) in [6.45, 7) is 6.08. The van der Waals surface area contributed by atoms with Crippen molar-refractivity contribution in [1.29, 1.82) is 0 Å². The van der Waals surface area contributed by atoms with Crippen LogP contribution in [0.25, 0.3) is 0 Å². The molecule has 3 fully saturated rings. The first-order valence-electron chi connectivity index (χ1n) is 11.5. The zero-order valence-electron chi connectivity index (χ0n) is 20.3. The summed E-state index contributed by atoms with van der Waals surface area (Å²) < 4.78 is 88.5. The maximum absolute atomic E-state index is 13.5. The quantitative estimate of drug-likeness (QED) is 0.152. The molecule has 3 aliphatic heterocycles. The number of hydrogen-bond donors (Lipinski definition) is 1. The highest BCUT2D eigenvalue weighted by Crippen LogP contribution is 2.51. The van der Waals surface area contributed by atoms with E-state index >= 15 is 0 Å². The summed E-state index contributed by atoms with van der Waals surface area (Å²) in [6, 6.07) is 0. The molecule has 0 aromatic carbocycles. The lowest BCUT2D eigenvalue weighted by Crippen LogP contribution is -2.48. The Bertz CT molecular complexity index is 1030. The number of ether oxygens (including phenoxy) is 6. The third-order valence-corrected chi connectivity index (χ3v) is 7.23. The van der Waals surface area contributed by atoms with Crippen LogP contribution in [0.1, 0.15) is 40.5 Å². The molecule has 1 N–H and O–H groups in total. The van der Waals surface area contributed by atoms with Crippen LogP contribution in [0.5, 0.6) is 0 Å². The Morgan fingerprint density at radius 3 is 2.24 bits per heavy atom. The Hall–Kier alpha value is -2.43. The van der Waals surface area contributed by atoms with Gasteiger partial charge in [-0.3, -0.25) is 23.7 Å². The molecule has 210 valence electrons. The molecule has 0 amide bonds. The molecule has 8 atom stereocenters. The van der Waals surface area contributed by atoms with Crippen molar-refractivity contribution in [3.05, 3.63) is 0 Å². The molecular weight excluding hydrogens is 530 g/mol. The monoisotopic (exact) mass is 558 g/mol. The third kappa shape index (κ3) is 5.71. The average molecular weight is 559 g/mol. The topological polar surface area (TPSA) is 178 Å². The van der Waals surface area contributed by atoms with Gasteiger partial charge in [0, 0.05) is 12.5 Å². The molecule has 16 heteroatoms. The molecule has 3 aliphatic rings. The largest absolute Gasteiger partial charge is 0.455 e. The lowest BCUT2D eigenvalue weighted by atomic mass is 9.78. The number of hydrogen-bond acceptors (Lipinski definition) is 12. The van der Waals surface area contributed by atoms with Gasteiger partial charge >= 0.3 is 39.2 Å². The van der Waals surface area contributed by atoms with Crippen molar-refractivity contribution >= 4 is 34.0 Å². The van der Waals surface area contributed by atoms with Crippen molar-refractivity contribution in [2.45, 2.75) is 82.6 Å². The van der Waals surface area contributed by atoms with Gasteiger partial charge in [0.15, 0.2) is 18.3 Å². The molecule has 0 saturated carbocycles. The van der Waals surface area contributed by atoms with E-state index in [2.05, 4.69) is 4.74 Å².